The highest BCUT2D eigenvalue weighted by atomic mass is 35.5. The molecule has 1 N–H and O–H groups in total. The Labute approximate surface area is 167 Å². The minimum atomic E-state index is 0.00586. The molecule has 1 heterocycles. The monoisotopic (exact) mass is 394 g/mol. The van der Waals surface area contributed by atoms with Crippen LogP contribution >= 0.6 is 23.4 Å². The van der Waals surface area contributed by atoms with Crippen LogP contribution in [0.15, 0.2) is 83.8 Å². The lowest BCUT2D eigenvalue weighted by Gasteiger charge is -2.18. The molecule has 136 valence electrons. The van der Waals surface area contributed by atoms with Crippen LogP contribution in [-0.2, 0) is 6.54 Å². The van der Waals surface area contributed by atoms with Gasteiger partial charge in [-0.2, -0.15) is 0 Å². The molecule has 1 aromatic heterocycles. The molecule has 0 aliphatic heterocycles. The first kappa shape index (κ1) is 18.1. The maximum atomic E-state index is 9.64. The van der Waals surface area contributed by atoms with Crippen LogP contribution in [0, 0.1) is 0 Å². The van der Waals surface area contributed by atoms with Gasteiger partial charge in [0, 0.05) is 16.5 Å². The summed E-state index contributed by atoms with van der Waals surface area (Å²) in [5, 5.41) is 10.3. The largest absolute Gasteiger partial charge is 0.395 e. The molecular weight excluding hydrogens is 376 g/mol. The van der Waals surface area contributed by atoms with Crippen molar-refractivity contribution in [3.63, 3.8) is 0 Å². The molecule has 0 aliphatic rings. The molecule has 0 radical (unpaired) electrons. The summed E-state index contributed by atoms with van der Waals surface area (Å²) < 4.78 is 2.10. The van der Waals surface area contributed by atoms with E-state index >= 15 is 0 Å². The van der Waals surface area contributed by atoms with Crippen molar-refractivity contribution in [2.45, 2.75) is 16.7 Å². The van der Waals surface area contributed by atoms with Crippen molar-refractivity contribution in [2.24, 2.45) is 0 Å². The second kappa shape index (κ2) is 8.17. The topological polar surface area (TPSA) is 38.0 Å². The van der Waals surface area contributed by atoms with Crippen molar-refractivity contribution in [1.29, 1.82) is 0 Å². The lowest BCUT2D eigenvalue weighted by molar-refractivity contribution is 0.276. The van der Waals surface area contributed by atoms with Crippen LogP contribution in [0.25, 0.3) is 11.0 Å². The Bertz CT molecular complexity index is 1030. The molecular formula is C22H19ClN2OS. The minimum absolute atomic E-state index is 0.00586. The Balaban J connectivity index is 1.87. The van der Waals surface area contributed by atoms with Crippen molar-refractivity contribution >= 4 is 34.4 Å². The minimum Gasteiger partial charge on any atom is -0.395 e. The number of thioether (sulfide) groups is 1. The fraction of sp³-hybridized carbons (Fsp3) is 0.136. The third-order valence-electron chi connectivity index (χ3n) is 4.40. The van der Waals surface area contributed by atoms with Crippen molar-refractivity contribution in [2.75, 3.05) is 6.61 Å². The fourth-order valence-corrected chi connectivity index (χ4v) is 4.52. The third-order valence-corrected chi connectivity index (χ3v) is 5.90. The second-order valence-electron chi connectivity index (χ2n) is 6.20. The van der Waals surface area contributed by atoms with E-state index in [1.807, 2.05) is 54.6 Å². The highest BCUT2D eigenvalue weighted by Gasteiger charge is 2.23. The number of aliphatic hydroxyl groups excluding tert-OH is 1. The number of fused-ring (bicyclic) bond motifs is 1. The second-order valence-corrected chi connectivity index (χ2v) is 7.81. The van der Waals surface area contributed by atoms with Gasteiger partial charge in [0.2, 0.25) is 0 Å². The quantitative estimate of drug-likeness (QED) is 0.435. The molecule has 0 saturated heterocycles. The zero-order valence-electron chi connectivity index (χ0n) is 14.6. The van der Waals surface area contributed by atoms with E-state index in [2.05, 4.69) is 28.8 Å². The Morgan fingerprint density at radius 2 is 1.67 bits per heavy atom. The molecule has 4 rings (SSSR count). The third kappa shape index (κ3) is 3.88. The van der Waals surface area contributed by atoms with E-state index in [9.17, 15) is 5.11 Å². The van der Waals surface area contributed by atoms with Crippen molar-refractivity contribution in [3.05, 3.63) is 95.3 Å². The molecule has 27 heavy (non-hydrogen) atoms. The van der Waals surface area contributed by atoms with Gasteiger partial charge in [-0.3, -0.25) is 0 Å². The van der Waals surface area contributed by atoms with Gasteiger partial charge in [0.15, 0.2) is 0 Å². The first-order valence-corrected chi connectivity index (χ1v) is 10.1. The van der Waals surface area contributed by atoms with Gasteiger partial charge in [0.05, 0.1) is 22.9 Å². The van der Waals surface area contributed by atoms with Crippen molar-refractivity contribution in [3.8, 4) is 0 Å². The van der Waals surface area contributed by atoms with E-state index in [-0.39, 0.29) is 11.9 Å². The summed E-state index contributed by atoms with van der Waals surface area (Å²) in [6.45, 7) is 0.546. The van der Waals surface area contributed by atoms with E-state index in [0.29, 0.717) is 11.6 Å². The van der Waals surface area contributed by atoms with E-state index in [4.69, 9.17) is 16.6 Å². The van der Waals surface area contributed by atoms with Gasteiger partial charge in [-0.05, 0) is 35.9 Å². The molecule has 0 fully saturated rings. The molecule has 5 heteroatoms. The average molecular weight is 395 g/mol. The predicted octanol–water partition coefficient (Wildman–Crippen LogP) is 5.56. The summed E-state index contributed by atoms with van der Waals surface area (Å²) in [6, 6.07) is 26.4. The van der Waals surface area contributed by atoms with Crippen LogP contribution < -0.4 is 0 Å². The molecule has 0 saturated carbocycles. The number of aliphatic hydroxyl groups is 1. The Morgan fingerprint density at radius 3 is 2.37 bits per heavy atom. The summed E-state index contributed by atoms with van der Waals surface area (Å²) in [7, 11) is 0. The summed E-state index contributed by atoms with van der Waals surface area (Å²) in [5.41, 5.74) is 3.01. The standard InChI is InChI=1S/C22H19ClN2OS/c23-17-11-12-20-19(15-17)24-22(25(20)13-14-26)21(16-7-3-1-4-8-16)27-18-9-5-2-6-10-18/h1-12,15,21,26H,13-14H2. The van der Waals surface area contributed by atoms with Gasteiger partial charge in [-0.25, -0.2) is 4.98 Å². The molecule has 1 unspecified atom stereocenters. The Kier molecular flexibility index (Phi) is 5.48. The normalized spacial score (nSPS) is 12.4. The van der Waals surface area contributed by atoms with Crippen molar-refractivity contribution < 1.29 is 5.11 Å². The van der Waals surface area contributed by atoms with Crippen LogP contribution in [0.3, 0.4) is 0 Å². The maximum absolute atomic E-state index is 9.64. The molecule has 0 bridgehead atoms. The van der Waals surface area contributed by atoms with Gasteiger partial charge in [-0.15, -0.1) is 11.8 Å². The van der Waals surface area contributed by atoms with Crippen LogP contribution in [-0.4, -0.2) is 21.3 Å². The molecule has 3 nitrogen and oxygen atoms in total. The van der Waals surface area contributed by atoms with Crippen LogP contribution in [0.4, 0.5) is 0 Å². The van der Waals surface area contributed by atoms with Crippen molar-refractivity contribution in [1.82, 2.24) is 9.55 Å². The number of hydrogen-bond donors (Lipinski definition) is 1. The zero-order chi connectivity index (χ0) is 18.6. The van der Waals surface area contributed by atoms with Crippen LogP contribution in [0.2, 0.25) is 5.02 Å². The SMILES string of the molecule is OCCn1c(C(Sc2ccccc2)c2ccccc2)nc2cc(Cl)ccc21. The number of aromatic nitrogens is 2. The summed E-state index contributed by atoms with van der Waals surface area (Å²) in [4.78, 5) is 6.08. The number of hydrogen-bond acceptors (Lipinski definition) is 3. The Morgan fingerprint density at radius 1 is 0.963 bits per heavy atom. The number of halogens is 1. The molecule has 3 aromatic carbocycles. The highest BCUT2D eigenvalue weighted by molar-refractivity contribution is 7.99. The lowest BCUT2D eigenvalue weighted by atomic mass is 10.1. The predicted molar refractivity (Wildman–Crippen MR) is 112 cm³/mol. The molecule has 0 spiro atoms. The lowest BCUT2D eigenvalue weighted by Crippen LogP contribution is -2.10. The smallest absolute Gasteiger partial charge is 0.128 e. The zero-order valence-corrected chi connectivity index (χ0v) is 16.2. The van der Waals surface area contributed by atoms with Gasteiger partial charge < -0.3 is 9.67 Å². The summed E-state index contributed by atoms with van der Waals surface area (Å²) in [6.07, 6.45) is 0. The number of benzene rings is 3. The van der Waals surface area contributed by atoms with Crippen LogP contribution in [0.1, 0.15) is 16.6 Å². The number of imidazole rings is 1. The van der Waals surface area contributed by atoms with E-state index < -0.39 is 0 Å². The van der Waals surface area contributed by atoms with E-state index in [0.717, 1.165) is 16.9 Å². The number of nitrogens with zero attached hydrogens (tertiary/aromatic N) is 2. The van der Waals surface area contributed by atoms with E-state index in [1.54, 1.807) is 11.8 Å². The fourth-order valence-electron chi connectivity index (χ4n) is 3.19. The summed E-state index contributed by atoms with van der Waals surface area (Å²) >= 11 is 7.94. The maximum Gasteiger partial charge on any atom is 0.128 e. The molecule has 1 atom stereocenters. The van der Waals surface area contributed by atoms with Gasteiger partial charge in [0.1, 0.15) is 5.82 Å². The average Bonchev–Trinajstić information content (AvgIpc) is 3.05. The van der Waals surface area contributed by atoms with Crippen LogP contribution in [0.5, 0.6) is 0 Å². The molecule has 0 aliphatic carbocycles. The highest BCUT2D eigenvalue weighted by Crippen LogP contribution is 2.41. The first-order valence-electron chi connectivity index (χ1n) is 8.79. The van der Waals surface area contributed by atoms with Gasteiger partial charge in [-0.1, -0.05) is 60.1 Å². The first-order chi connectivity index (χ1) is 13.3. The van der Waals surface area contributed by atoms with Gasteiger partial charge >= 0.3 is 0 Å². The van der Waals surface area contributed by atoms with Gasteiger partial charge in [0.25, 0.3) is 0 Å². The molecule has 4 aromatic rings. The Hall–Kier alpha value is -2.27. The number of rotatable bonds is 6. The summed E-state index contributed by atoms with van der Waals surface area (Å²) in [5.74, 6) is 0.918. The van der Waals surface area contributed by atoms with E-state index in [1.165, 1.54) is 10.5 Å². The molecule has 0 amide bonds.